The van der Waals surface area contributed by atoms with Crippen molar-refractivity contribution in [2.75, 3.05) is 32.8 Å². The number of nitrogens with one attached hydrogen (secondary N) is 1. The fourth-order valence-electron chi connectivity index (χ4n) is 2.12. The largest absolute Gasteiger partial charge is 0.379 e. The van der Waals surface area contributed by atoms with Crippen molar-refractivity contribution in [2.45, 2.75) is 19.4 Å². The lowest BCUT2D eigenvalue weighted by atomic mass is 10.2. The van der Waals surface area contributed by atoms with Crippen LogP contribution in [0.5, 0.6) is 0 Å². The normalized spacial score (nSPS) is 18.5. The van der Waals surface area contributed by atoms with E-state index >= 15 is 0 Å². The summed E-state index contributed by atoms with van der Waals surface area (Å²) in [6.07, 6.45) is 0.542. The predicted molar refractivity (Wildman–Crippen MR) is 72.8 cm³/mol. The van der Waals surface area contributed by atoms with E-state index in [0.29, 0.717) is 13.0 Å². The monoisotopic (exact) mass is 268 g/mol. The molecule has 0 unspecified atom stereocenters. The highest BCUT2D eigenvalue weighted by atomic mass is 32.1. The van der Waals surface area contributed by atoms with Crippen LogP contribution < -0.4 is 5.32 Å². The Morgan fingerprint density at radius 1 is 1.56 bits per heavy atom. The summed E-state index contributed by atoms with van der Waals surface area (Å²) in [6, 6.07) is 4.49. The molecule has 0 bridgehead atoms. The lowest BCUT2D eigenvalue weighted by Gasteiger charge is -2.34. The zero-order valence-electron chi connectivity index (χ0n) is 10.7. The van der Waals surface area contributed by atoms with E-state index in [1.54, 1.807) is 11.3 Å². The van der Waals surface area contributed by atoms with Crippen molar-refractivity contribution in [1.82, 2.24) is 10.2 Å². The minimum Gasteiger partial charge on any atom is -0.379 e. The average Bonchev–Trinajstić information content (AvgIpc) is 2.94. The van der Waals surface area contributed by atoms with Crippen LogP contribution >= 0.6 is 11.3 Å². The van der Waals surface area contributed by atoms with E-state index in [1.165, 1.54) is 4.88 Å². The zero-order valence-corrected chi connectivity index (χ0v) is 11.5. The molecule has 2 rings (SSSR count). The smallest absolute Gasteiger partial charge is 0.219 e. The molecule has 0 spiro atoms. The fraction of sp³-hybridized carbons (Fsp3) is 0.615. The van der Waals surface area contributed by atoms with Gasteiger partial charge >= 0.3 is 0 Å². The maximum Gasteiger partial charge on any atom is 0.219 e. The number of ether oxygens (including phenoxy) is 1. The van der Waals surface area contributed by atoms with Crippen molar-refractivity contribution in [3.05, 3.63) is 22.4 Å². The van der Waals surface area contributed by atoms with Gasteiger partial charge in [0.2, 0.25) is 5.91 Å². The molecule has 0 saturated carbocycles. The molecule has 5 heteroatoms. The Hall–Kier alpha value is -0.910. The first-order valence-electron chi connectivity index (χ1n) is 6.43. The van der Waals surface area contributed by atoms with Crippen molar-refractivity contribution in [3.8, 4) is 0 Å². The van der Waals surface area contributed by atoms with Gasteiger partial charge in [0, 0.05) is 30.9 Å². The van der Waals surface area contributed by atoms with E-state index in [2.05, 4.69) is 27.7 Å². The molecule has 1 aromatic heterocycles. The van der Waals surface area contributed by atoms with Crippen LogP contribution in [0.3, 0.4) is 0 Å². The molecular weight excluding hydrogens is 248 g/mol. The molecule has 1 aromatic rings. The van der Waals surface area contributed by atoms with Crippen molar-refractivity contribution >= 4 is 17.2 Å². The Balaban J connectivity index is 2.00. The lowest BCUT2D eigenvalue weighted by Crippen LogP contribution is -2.43. The number of carbonyl (C=O) groups is 1. The molecular formula is C13H20N2O2S. The highest BCUT2D eigenvalue weighted by Crippen LogP contribution is 2.25. The van der Waals surface area contributed by atoms with Gasteiger partial charge in [0.25, 0.3) is 0 Å². The van der Waals surface area contributed by atoms with Gasteiger partial charge in [-0.05, 0) is 11.4 Å². The second-order valence-electron chi connectivity index (χ2n) is 4.34. The quantitative estimate of drug-likeness (QED) is 0.883. The summed E-state index contributed by atoms with van der Waals surface area (Å²) in [5.74, 6) is 0.116. The molecule has 2 heterocycles. The summed E-state index contributed by atoms with van der Waals surface area (Å²) < 4.78 is 5.39. The third-order valence-electron chi connectivity index (χ3n) is 3.17. The SMILES string of the molecule is CCC(=O)NC[C@H](c1cccs1)N1CCOCC1. The molecule has 1 saturated heterocycles. The number of amides is 1. The summed E-state index contributed by atoms with van der Waals surface area (Å²) in [5, 5.41) is 5.09. The number of rotatable bonds is 5. The average molecular weight is 268 g/mol. The predicted octanol–water partition coefficient (Wildman–Crippen LogP) is 1.65. The third-order valence-corrected chi connectivity index (χ3v) is 4.15. The Kier molecular flexibility index (Phi) is 5.16. The first kappa shape index (κ1) is 13.5. The Bertz CT molecular complexity index is 361. The second kappa shape index (κ2) is 6.87. The van der Waals surface area contributed by atoms with Gasteiger partial charge in [0.15, 0.2) is 0 Å². The molecule has 1 atom stereocenters. The number of hydrogen-bond donors (Lipinski definition) is 1. The van der Waals surface area contributed by atoms with Crippen molar-refractivity contribution in [1.29, 1.82) is 0 Å². The van der Waals surface area contributed by atoms with Crippen LogP contribution in [0.4, 0.5) is 0 Å². The summed E-state index contributed by atoms with van der Waals surface area (Å²) in [5.41, 5.74) is 0. The number of carbonyl (C=O) groups excluding carboxylic acids is 1. The first-order chi connectivity index (χ1) is 8.81. The maximum atomic E-state index is 11.4. The van der Waals surface area contributed by atoms with Crippen LogP contribution in [0.2, 0.25) is 0 Å². The van der Waals surface area contributed by atoms with Crippen LogP contribution in [0, 0.1) is 0 Å². The van der Waals surface area contributed by atoms with E-state index in [1.807, 2.05) is 6.92 Å². The van der Waals surface area contributed by atoms with Crippen molar-refractivity contribution in [2.24, 2.45) is 0 Å². The van der Waals surface area contributed by atoms with Crippen LogP contribution in [-0.4, -0.2) is 43.7 Å². The fourth-order valence-corrected chi connectivity index (χ4v) is 2.98. The molecule has 1 N–H and O–H groups in total. The minimum absolute atomic E-state index is 0.116. The zero-order chi connectivity index (χ0) is 12.8. The Labute approximate surface area is 112 Å². The van der Waals surface area contributed by atoms with Crippen LogP contribution in [-0.2, 0) is 9.53 Å². The number of thiophene rings is 1. The highest BCUT2D eigenvalue weighted by Gasteiger charge is 2.23. The van der Waals surface area contributed by atoms with Crippen LogP contribution in [0.15, 0.2) is 17.5 Å². The summed E-state index contributed by atoms with van der Waals surface area (Å²) in [4.78, 5) is 15.1. The third kappa shape index (κ3) is 3.54. The molecule has 0 radical (unpaired) electrons. The van der Waals surface area contributed by atoms with Gasteiger partial charge in [-0.25, -0.2) is 0 Å². The highest BCUT2D eigenvalue weighted by molar-refractivity contribution is 7.10. The molecule has 100 valence electrons. The summed E-state index contributed by atoms with van der Waals surface area (Å²) in [6.45, 7) is 6.00. The van der Waals surface area contributed by atoms with Gasteiger partial charge in [0.1, 0.15) is 0 Å². The molecule has 4 nitrogen and oxygen atoms in total. The van der Waals surface area contributed by atoms with Gasteiger partial charge in [-0.1, -0.05) is 13.0 Å². The van der Waals surface area contributed by atoms with Gasteiger partial charge in [0.05, 0.1) is 19.3 Å². The van der Waals surface area contributed by atoms with Crippen LogP contribution in [0.25, 0.3) is 0 Å². The summed E-state index contributed by atoms with van der Waals surface area (Å²) in [7, 11) is 0. The van der Waals surface area contributed by atoms with Gasteiger partial charge in [-0.15, -0.1) is 11.3 Å². The lowest BCUT2D eigenvalue weighted by molar-refractivity contribution is -0.121. The van der Waals surface area contributed by atoms with Gasteiger partial charge in [-0.2, -0.15) is 0 Å². The maximum absolute atomic E-state index is 11.4. The number of nitrogens with zero attached hydrogens (tertiary/aromatic N) is 1. The molecule has 1 fully saturated rings. The van der Waals surface area contributed by atoms with Crippen LogP contribution in [0.1, 0.15) is 24.3 Å². The Morgan fingerprint density at radius 3 is 2.94 bits per heavy atom. The molecule has 0 aliphatic carbocycles. The van der Waals surface area contributed by atoms with E-state index in [9.17, 15) is 4.79 Å². The second-order valence-corrected chi connectivity index (χ2v) is 5.32. The molecule has 1 aliphatic rings. The van der Waals surface area contributed by atoms with E-state index < -0.39 is 0 Å². The standard InChI is InChI=1S/C13H20N2O2S/c1-2-13(16)14-10-11(12-4-3-9-18-12)15-5-7-17-8-6-15/h3-4,9,11H,2,5-8,10H2,1H3,(H,14,16)/t11-/m1/s1. The van der Waals surface area contributed by atoms with Gasteiger partial charge in [-0.3, -0.25) is 9.69 Å². The minimum atomic E-state index is 0.116. The summed E-state index contributed by atoms with van der Waals surface area (Å²) >= 11 is 1.75. The first-order valence-corrected chi connectivity index (χ1v) is 7.31. The van der Waals surface area contributed by atoms with Gasteiger partial charge < -0.3 is 10.1 Å². The molecule has 18 heavy (non-hydrogen) atoms. The topological polar surface area (TPSA) is 41.6 Å². The number of morpholine rings is 1. The molecule has 0 aromatic carbocycles. The van der Waals surface area contributed by atoms with E-state index in [4.69, 9.17) is 4.74 Å². The molecule has 1 amide bonds. The van der Waals surface area contributed by atoms with Crippen molar-refractivity contribution < 1.29 is 9.53 Å². The van der Waals surface area contributed by atoms with Crippen molar-refractivity contribution in [3.63, 3.8) is 0 Å². The number of hydrogen-bond acceptors (Lipinski definition) is 4. The Morgan fingerprint density at radius 2 is 2.33 bits per heavy atom. The van der Waals surface area contributed by atoms with E-state index in [0.717, 1.165) is 26.3 Å². The molecule has 1 aliphatic heterocycles. The van der Waals surface area contributed by atoms with E-state index in [-0.39, 0.29) is 11.9 Å².